The van der Waals surface area contributed by atoms with Gasteiger partial charge in [0.1, 0.15) is 4.33 Å². The van der Waals surface area contributed by atoms with Gasteiger partial charge in [-0.2, -0.15) is 4.98 Å². The van der Waals surface area contributed by atoms with E-state index in [1.165, 1.54) is 0 Å². The van der Waals surface area contributed by atoms with Crippen molar-refractivity contribution in [1.82, 2.24) is 19.6 Å². The molecule has 2 aromatic rings. The van der Waals surface area contributed by atoms with Gasteiger partial charge in [0, 0.05) is 23.1 Å². The standard InChI is InChI=1S/C11H12Cl2N4S/c1-6-3-7(2)17-9(14-6)15-10(16-17)18-5-8-4-11(8,12)13/h3,8H,4-5H2,1-2H3/t8-/m1/s1. The second-order valence-corrected chi connectivity index (χ2v) is 7.15. The van der Waals surface area contributed by atoms with Crippen LogP contribution in [0.3, 0.4) is 0 Å². The molecule has 1 atom stereocenters. The second-order valence-electron chi connectivity index (χ2n) is 4.62. The second kappa shape index (κ2) is 4.25. The van der Waals surface area contributed by atoms with E-state index in [2.05, 4.69) is 15.1 Å². The molecule has 0 bridgehead atoms. The maximum atomic E-state index is 5.99. The Morgan fingerprint density at radius 2 is 2.17 bits per heavy atom. The van der Waals surface area contributed by atoms with Gasteiger partial charge in [0.2, 0.25) is 5.16 Å². The third kappa shape index (κ3) is 2.31. The molecule has 0 spiro atoms. The summed E-state index contributed by atoms with van der Waals surface area (Å²) in [5.74, 6) is 1.84. The Bertz CT molecular complexity index is 610. The first kappa shape index (κ1) is 12.5. The molecule has 18 heavy (non-hydrogen) atoms. The topological polar surface area (TPSA) is 43.1 Å². The molecule has 0 radical (unpaired) electrons. The molecule has 7 heteroatoms. The zero-order chi connectivity index (χ0) is 12.9. The van der Waals surface area contributed by atoms with Gasteiger partial charge in [0.25, 0.3) is 5.78 Å². The summed E-state index contributed by atoms with van der Waals surface area (Å²) >= 11 is 13.6. The van der Waals surface area contributed by atoms with E-state index < -0.39 is 4.33 Å². The van der Waals surface area contributed by atoms with E-state index in [9.17, 15) is 0 Å². The van der Waals surface area contributed by atoms with Gasteiger partial charge in [-0.1, -0.05) is 11.8 Å². The fraction of sp³-hybridized carbons (Fsp3) is 0.545. The molecule has 0 unspecified atom stereocenters. The molecule has 1 aliphatic rings. The summed E-state index contributed by atoms with van der Waals surface area (Å²) < 4.78 is 1.23. The van der Waals surface area contributed by atoms with Gasteiger partial charge in [0.05, 0.1) is 0 Å². The molecule has 0 aliphatic heterocycles. The Labute approximate surface area is 119 Å². The van der Waals surface area contributed by atoms with E-state index >= 15 is 0 Å². The molecule has 0 aromatic carbocycles. The Kier molecular flexibility index (Phi) is 2.95. The molecule has 1 aliphatic carbocycles. The van der Waals surface area contributed by atoms with E-state index in [-0.39, 0.29) is 0 Å². The molecule has 0 N–H and O–H groups in total. The molecule has 3 rings (SSSR count). The first-order valence-corrected chi connectivity index (χ1v) is 7.41. The Morgan fingerprint density at radius 3 is 2.83 bits per heavy atom. The summed E-state index contributed by atoms with van der Waals surface area (Å²) in [4.78, 5) is 8.75. The lowest BCUT2D eigenvalue weighted by atomic mass is 10.4. The van der Waals surface area contributed by atoms with Crippen LogP contribution in [0.15, 0.2) is 11.2 Å². The zero-order valence-electron chi connectivity index (χ0n) is 10.0. The predicted octanol–water partition coefficient (Wildman–Crippen LogP) is 3.03. The zero-order valence-corrected chi connectivity index (χ0v) is 12.4. The minimum absolute atomic E-state index is 0.341. The number of thioether (sulfide) groups is 1. The Morgan fingerprint density at radius 1 is 1.44 bits per heavy atom. The number of fused-ring (bicyclic) bond motifs is 1. The average Bonchev–Trinajstić information content (AvgIpc) is 2.70. The molecule has 2 heterocycles. The van der Waals surface area contributed by atoms with Crippen LogP contribution < -0.4 is 0 Å². The Hall–Kier alpha value is -0.520. The number of alkyl halides is 2. The lowest BCUT2D eigenvalue weighted by Gasteiger charge is -1.97. The van der Waals surface area contributed by atoms with Gasteiger partial charge in [-0.15, -0.1) is 28.3 Å². The number of nitrogens with zero attached hydrogens (tertiary/aromatic N) is 4. The van der Waals surface area contributed by atoms with Crippen molar-refractivity contribution < 1.29 is 0 Å². The van der Waals surface area contributed by atoms with Crippen molar-refractivity contribution in [1.29, 1.82) is 0 Å². The van der Waals surface area contributed by atoms with Crippen molar-refractivity contribution >= 4 is 40.7 Å². The third-order valence-electron chi connectivity index (χ3n) is 2.97. The number of hydrogen-bond donors (Lipinski definition) is 0. The van der Waals surface area contributed by atoms with Crippen LogP contribution in [-0.4, -0.2) is 29.7 Å². The van der Waals surface area contributed by atoms with E-state index in [1.807, 2.05) is 19.9 Å². The largest absolute Gasteiger partial charge is 0.253 e. The van der Waals surface area contributed by atoms with Crippen molar-refractivity contribution in [2.24, 2.45) is 5.92 Å². The SMILES string of the molecule is Cc1cc(C)n2nc(SC[C@H]3CC3(Cl)Cl)nc2n1. The molecule has 96 valence electrons. The predicted molar refractivity (Wildman–Crippen MR) is 73.5 cm³/mol. The highest BCUT2D eigenvalue weighted by atomic mass is 35.5. The summed E-state index contributed by atoms with van der Waals surface area (Å²) in [6, 6.07) is 1.99. The molecular formula is C11H12Cl2N4S. The van der Waals surface area contributed by atoms with Gasteiger partial charge < -0.3 is 0 Å². The van der Waals surface area contributed by atoms with Crippen molar-refractivity contribution in [2.45, 2.75) is 29.8 Å². The lowest BCUT2D eigenvalue weighted by Crippen LogP contribution is -1.97. The lowest BCUT2D eigenvalue weighted by molar-refractivity contribution is 0.841. The molecular weight excluding hydrogens is 291 g/mol. The van der Waals surface area contributed by atoms with Crippen LogP contribution in [0.4, 0.5) is 0 Å². The smallest absolute Gasteiger partial charge is 0.216 e. The minimum Gasteiger partial charge on any atom is -0.216 e. The number of halogens is 2. The van der Waals surface area contributed by atoms with Crippen LogP contribution in [-0.2, 0) is 0 Å². The highest BCUT2D eigenvalue weighted by Gasteiger charge is 2.51. The maximum Gasteiger partial charge on any atom is 0.253 e. The summed E-state index contributed by atoms with van der Waals surface area (Å²) in [5, 5.41) is 5.15. The molecule has 4 nitrogen and oxygen atoms in total. The van der Waals surface area contributed by atoms with Gasteiger partial charge in [-0.3, -0.25) is 0 Å². The van der Waals surface area contributed by atoms with Gasteiger partial charge in [-0.05, 0) is 26.3 Å². The fourth-order valence-electron chi connectivity index (χ4n) is 1.83. The number of aryl methyl sites for hydroxylation is 2. The van der Waals surface area contributed by atoms with E-state index in [1.54, 1.807) is 16.3 Å². The molecule has 0 saturated heterocycles. The van der Waals surface area contributed by atoms with E-state index in [0.29, 0.717) is 11.7 Å². The van der Waals surface area contributed by atoms with Crippen molar-refractivity contribution in [3.8, 4) is 0 Å². The molecule has 0 amide bonds. The first-order chi connectivity index (χ1) is 8.45. The van der Waals surface area contributed by atoms with Crippen LogP contribution in [0.25, 0.3) is 5.78 Å². The third-order valence-corrected chi connectivity index (χ3v) is 4.89. The van der Waals surface area contributed by atoms with E-state index in [4.69, 9.17) is 23.2 Å². The molecule has 1 saturated carbocycles. The fourth-order valence-corrected chi connectivity index (χ4v) is 3.58. The van der Waals surface area contributed by atoms with Crippen LogP contribution in [0, 0.1) is 19.8 Å². The van der Waals surface area contributed by atoms with Crippen molar-refractivity contribution in [3.05, 3.63) is 17.5 Å². The number of rotatable bonds is 3. The van der Waals surface area contributed by atoms with Crippen LogP contribution in [0.5, 0.6) is 0 Å². The number of aromatic nitrogens is 4. The van der Waals surface area contributed by atoms with Crippen molar-refractivity contribution in [2.75, 3.05) is 5.75 Å². The average molecular weight is 303 g/mol. The van der Waals surface area contributed by atoms with Crippen LogP contribution in [0.1, 0.15) is 17.8 Å². The quantitative estimate of drug-likeness (QED) is 0.646. The van der Waals surface area contributed by atoms with Gasteiger partial charge in [0.15, 0.2) is 0 Å². The summed E-state index contributed by atoms with van der Waals surface area (Å²) in [6.45, 7) is 3.95. The number of hydrogen-bond acceptors (Lipinski definition) is 4. The maximum absolute atomic E-state index is 5.99. The van der Waals surface area contributed by atoms with Gasteiger partial charge in [-0.25, -0.2) is 9.50 Å². The minimum atomic E-state index is -0.531. The summed E-state index contributed by atoms with van der Waals surface area (Å²) in [5.41, 5.74) is 1.99. The van der Waals surface area contributed by atoms with Gasteiger partial charge >= 0.3 is 0 Å². The highest BCUT2D eigenvalue weighted by molar-refractivity contribution is 7.99. The summed E-state index contributed by atoms with van der Waals surface area (Å²) in [7, 11) is 0. The van der Waals surface area contributed by atoms with Crippen LogP contribution >= 0.6 is 35.0 Å². The summed E-state index contributed by atoms with van der Waals surface area (Å²) in [6.07, 6.45) is 0.854. The first-order valence-electron chi connectivity index (χ1n) is 5.67. The monoisotopic (exact) mass is 302 g/mol. The Balaban J connectivity index is 1.79. The molecule has 2 aromatic heterocycles. The normalized spacial score (nSPS) is 21.4. The van der Waals surface area contributed by atoms with Crippen LogP contribution in [0.2, 0.25) is 0 Å². The molecule has 1 fully saturated rings. The highest BCUT2D eigenvalue weighted by Crippen LogP contribution is 2.54. The van der Waals surface area contributed by atoms with Crippen molar-refractivity contribution in [3.63, 3.8) is 0 Å². The van der Waals surface area contributed by atoms with E-state index in [0.717, 1.165) is 28.7 Å².